The minimum Gasteiger partial charge on any atom is -0.376 e. The van der Waals surface area contributed by atoms with Crippen LogP contribution >= 0.6 is 11.6 Å². The molecule has 6 nitrogen and oxygen atoms in total. The van der Waals surface area contributed by atoms with E-state index in [1.165, 1.54) is 25.1 Å². The van der Waals surface area contributed by atoms with Crippen molar-refractivity contribution in [3.05, 3.63) is 29.3 Å². The monoisotopic (exact) mass is 347 g/mol. The van der Waals surface area contributed by atoms with Gasteiger partial charge in [-0.1, -0.05) is 23.7 Å². The van der Waals surface area contributed by atoms with E-state index in [9.17, 15) is 13.2 Å². The SMILES string of the molecule is C[C@@H](OC[C@H]1CCCO1)C(=O)NS(=O)(=O)c1ccccc1Cl. The highest BCUT2D eigenvalue weighted by molar-refractivity contribution is 7.90. The highest BCUT2D eigenvalue weighted by Crippen LogP contribution is 2.20. The maximum atomic E-state index is 12.1. The first kappa shape index (κ1) is 17.2. The van der Waals surface area contributed by atoms with Gasteiger partial charge in [0, 0.05) is 6.61 Å². The van der Waals surface area contributed by atoms with E-state index >= 15 is 0 Å². The molecule has 1 N–H and O–H groups in total. The van der Waals surface area contributed by atoms with E-state index in [2.05, 4.69) is 0 Å². The Morgan fingerprint density at radius 1 is 1.50 bits per heavy atom. The van der Waals surface area contributed by atoms with E-state index < -0.39 is 22.0 Å². The van der Waals surface area contributed by atoms with Crippen LogP contribution < -0.4 is 4.72 Å². The van der Waals surface area contributed by atoms with Gasteiger partial charge in [0.05, 0.1) is 17.7 Å². The molecule has 122 valence electrons. The third-order valence-corrected chi connectivity index (χ3v) is 5.13. The first-order valence-corrected chi connectivity index (χ1v) is 8.80. The molecule has 0 unspecified atom stereocenters. The molecule has 0 radical (unpaired) electrons. The fraction of sp³-hybridized carbons (Fsp3) is 0.500. The molecule has 0 aliphatic carbocycles. The van der Waals surface area contributed by atoms with Crippen LogP contribution in [-0.4, -0.2) is 39.7 Å². The van der Waals surface area contributed by atoms with Crippen LogP contribution in [0.2, 0.25) is 5.02 Å². The summed E-state index contributed by atoms with van der Waals surface area (Å²) in [6.45, 7) is 2.45. The summed E-state index contributed by atoms with van der Waals surface area (Å²) in [6.07, 6.45) is 0.916. The van der Waals surface area contributed by atoms with Crippen LogP contribution in [0, 0.1) is 0 Å². The summed E-state index contributed by atoms with van der Waals surface area (Å²) < 4.78 is 37.0. The Labute approximate surface area is 134 Å². The predicted octanol–water partition coefficient (Wildman–Crippen LogP) is 1.73. The van der Waals surface area contributed by atoms with Crippen LogP contribution in [0.1, 0.15) is 19.8 Å². The largest absolute Gasteiger partial charge is 0.376 e. The van der Waals surface area contributed by atoms with Crippen LogP contribution in [0.4, 0.5) is 0 Å². The number of hydrogen-bond acceptors (Lipinski definition) is 5. The van der Waals surface area contributed by atoms with Gasteiger partial charge >= 0.3 is 0 Å². The second kappa shape index (κ2) is 7.41. The third-order valence-electron chi connectivity index (χ3n) is 3.29. The van der Waals surface area contributed by atoms with Gasteiger partial charge in [0.2, 0.25) is 0 Å². The van der Waals surface area contributed by atoms with E-state index in [0.717, 1.165) is 12.8 Å². The lowest BCUT2D eigenvalue weighted by molar-refractivity contribution is -0.131. The molecule has 22 heavy (non-hydrogen) atoms. The highest BCUT2D eigenvalue weighted by atomic mass is 35.5. The molecule has 1 aromatic carbocycles. The van der Waals surface area contributed by atoms with Crippen molar-refractivity contribution in [2.24, 2.45) is 0 Å². The second-order valence-corrected chi connectivity index (χ2v) is 7.07. The number of carbonyl (C=O) groups excluding carboxylic acids is 1. The molecule has 0 saturated carbocycles. The molecule has 0 bridgehead atoms. The van der Waals surface area contributed by atoms with Gasteiger partial charge < -0.3 is 9.47 Å². The minimum absolute atomic E-state index is 0.0320. The first-order valence-electron chi connectivity index (χ1n) is 6.94. The maximum Gasteiger partial charge on any atom is 0.265 e. The van der Waals surface area contributed by atoms with Crippen molar-refractivity contribution < 1.29 is 22.7 Å². The number of benzene rings is 1. The average Bonchev–Trinajstić information content (AvgIpc) is 2.97. The van der Waals surface area contributed by atoms with Crippen molar-refractivity contribution in [3.8, 4) is 0 Å². The summed E-state index contributed by atoms with van der Waals surface area (Å²) in [5, 5.41) is 0.0516. The summed E-state index contributed by atoms with van der Waals surface area (Å²) in [5.41, 5.74) is 0. The standard InChI is InChI=1S/C14H18ClNO5S/c1-10(21-9-11-5-4-8-20-11)14(17)16-22(18,19)13-7-3-2-6-12(13)15/h2-3,6-7,10-11H,4-5,8-9H2,1H3,(H,16,17)/t10-,11-/m1/s1. The molecule has 1 saturated heterocycles. The Hall–Kier alpha value is -1.15. The van der Waals surface area contributed by atoms with E-state index in [1.54, 1.807) is 6.07 Å². The van der Waals surface area contributed by atoms with E-state index in [4.69, 9.17) is 21.1 Å². The first-order chi connectivity index (χ1) is 10.4. The molecule has 1 aromatic rings. The zero-order chi connectivity index (χ0) is 16.2. The lowest BCUT2D eigenvalue weighted by Gasteiger charge is -2.16. The maximum absolute atomic E-state index is 12.1. The summed E-state index contributed by atoms with van der Waals surface area (Å²) >= 11 is 5.84. The van der Waals surface area contributed by atoms with Crippen molar-refractivity contribution in [1.82, 2.24) is 4.72 Å². The number of carbonyl (C=O) groups is 1. The number of hydrogen-bond donors (Lipinski definition) is 1. The molecule has 1 fully saturated rings. The zero-order valence-corrected chi connectivity index (χ0v) is 13.7. The van der Waals surface area contributed by atoms with Crippen LogP contribution in [0.3, 0.4) is 0 Å². The Morgan fingerprint density at radius 3 is 2.86 bits per heavy atom. The number of nitrogens with one attached hydrogen (secondary N) is 1. The molecule has 1 aliphatic heterocycles. The smallest absolute Gasteiger partial charge is 0.265 e. The topological polar surface area (TPSA) is 81.7 Å². The summed E-state index contributed by atoms with van der Waals surface area (Å²) in [7, 11) is -4.02. The molecular formula is C14H18ClNO5S. The number of halogens is 1. The van der Waals surface area contributed by atoms with E-state index in [1.807, 2.05) is 4.72 Å². The summed E-state index contributed by atoms with van der Waals surface area (Å²) in [6, 6.07) is 5.91. The van der Waals surface area contributed by atoms with Gasteiger partial charge in [0.15, 0.2) is 0 Å². The third kappa shape index (κ3) is 4.42. The molecule has 2 atom stereocenters. The van der Waals surface area contributed by atoms with Gasteiger partial charge in [-0.2, -0.15) is 0 Å². The molecular weight excluding hydrogens is 330 g/mol. The van der Waals surface area contributed by atoms with Crippen LogP contribution in [0.5, 0.6) is 0 Å². The fourth-order valence-corrected chi connectivity index (χ4v) is 3.60. The van der Waals surface area contributed by atoms with Crippen molar-refractivity contribution in [2.45, 2.75) is 36.9 Å². The van der Waals surface area contributed by atoms with Gasteiger partial charge in [-0.3, -0.25) is 4.79 Å². The molecule has 8 heteroatoms. The Morgan fingerprint density at radius 2 is 2.23 bits per heavy atom. The summed E-state index contributed by atoms with van der Waals surface area (Å²) in [4.78, 5) is 11.8. The molecule has 0 spiro atoms. The number of ether oxygens (including phenoxy) is 2. The van der Waals surface area contributed by atoms with Gasteiger partial charge in [-0.25, -0.2) is 13.1 Å². The minimum atomic E-state index is -4.02. The lowest BCUT2D eigenvalue weighted by Crippen LogP contribution is -2.39. The number of amides is 1. The van der Waals surface area contributed by atoms with Gasteiger partial charge in [0.1, 0.15) is 11.0 Å². The molecule has 2 rings (SSSR count). The lowest BCUT2D eigenvalue weighted by atomic mass is 10.2. The van der Waals surface area contributed by atoms with Crippen molar-refractivity contribution in [1.29, 1.82) is 0 Å². The quantitative estimate of drug-likeness (QED) is 0.847. The van der Waals surface area contributed by atoms with Crippen molar-refractivity contribution >= 4 is 27.5 Å². The van der Waals surface area contributed by atoms with E-state index in [0.29, 0.717) is 6.61 Å². The summed E-state index contributed by atoms with van der Waals surface area (Å²) in [5.74, 6) is -0.738. The Balaban J connectivity index is 1.93. The van der Waals surface area contributed by atoms with Gasteiger partial charge in [-0.05, 0) is 31.9 Å². The predicted molar refractivity (Wildman–Crippen MR) is 81.2 cm³/mol. The van der Waals surface area contributed by atoms with Gasteiger partial charge in [-0.15, -0.1) is 0 Å². The van der Waals surface area contributed by atoms with E-state index in [-0.39, 0.29) is 22.6 Å². The molecule has 1 heterocycles. The number of sulfonamides is 1. The van der Waals surface area contributed by atoms with Crippen molar-refractivity contribution in [2.75, 3.05) is 13.2 Å². The number of rotatable bonds is 6. The molecule has 0 aromatic heterocycles. The second-order valence-electron chi connectivity index (χ2n) is 5.01. The fourth-order valence-electron chi connectivity index (χ4n) is 2.04. The van der Waals surface area contributed by atoms with Gasteiger partial charge in [0.25, 0.3) is 15.9 Å². The van der Waals surface area contributed by atoms with Crippen LogP contribution in [-0.2, 0) is 24.3 Å². The highest BCUT2D eigenvalue weighted by Gasteiger charge is 2.25. The molecule has 1 amide bonds. The van der Waals surface area contributed by atoms with Crippen LogP contribution in [0.15, 0.2) is 29.2 Å². The van der Waals surface area contributed by atoms with Crippen molar-refractivity contribution in [3.63, 3.8) is 0 Å². The van der Waals surface area contributed by atoms with Crippen LogP contribution in [0.25, 0.3) is 0 Å². The molecule has 1 aliphatic rings. The Kier molecular flexibility index (Phi) is 5.80. The average molecular weight is 348 g/mol. The zero-order valence-electron chi connectivity index (χ0n) is 12.1. The Bertz CT molecular complexity index is 628. The normalized spacial score (nSPS) is 19.8.